The average molecular weight is 305 g/mol. The van der Waals surface area contributed by atoms with Crippen LogP contribution in [0.2, 0.25) is 0 Å². The molecule has 1 aliphatic heterocycles. The second kappa shape index (κ2) is 6.65. The number of cyclic esters (lactones) is 1. The van der Waals surface area contributed by atoms with Crippen LogP contribution < -0.4 is 0 Å². The molecule has 1 saturated heterocycles. The maximum atomic E-state index is 11.8. The van der Waals surface area contributed by atoms with Crippen LogP contribution >= 0.6 is 11.6 Å². The van der Waals surface area contributed by atoms with Crippen molar-refractivity contribution in [1.29, 1.82) is 0 Å². The van der Waals surface area contributed by atoms with Crippen LogP contribution in [0.1, 0.15) is 44.1 Å². The summed E-state index contributed by atoms with van der Waals surface area (Å²) in [5.41, 5.74) is 2.00. The highest BCUT2D eigenvalue weighted by atomic mass is 35.5. The lowest BCUT2D eigenvalue weighted by Crippen LogP contribution is -2.43. The molecule has 0 N–H and O–H groups in total. The van der Waals surface area contributed by atoms with Gasteiger partial charge in [-0.3, -0.25) is 0 Å². The van der Waals surface area contributed by atoms with Gasteiger partial charge in [-0.05, 0) is 31.2 Å². The van der Waals surface area contributed by atoms with Crippen molar-refractivity contribution in [3.8, 4) is 0 Å². The Morgan fingerprint density at radius 3 is 2.52 bits per heavy atom. The number of hydrogen-bond acceptors (Lipinski definition) is 2. The second-order valence-corrected chi connectivity index (χ2v) is 6.48. The highest BCUT2D eigenvalue weighted by molar-refractivity contribution is 6.32. The van der Waals surface area contributed by atoms with E-state index in [-0.39, 0.29) is 12.1 Å². The molecule has 1 aromatic rings. The van der Waals surface area contributed by atoms with E-state index in [0.29, 0.717) is 11.0 Å². The molecule has 1 atom stereocenters. The van der Waals surface area contributed by atoms with Crippen molar-refractivity contribution < 1.29 is 9.53 Å². The number of esters is 1. The van der Waals surface area contributed by atoms with Crippen LogP contribution in [0.25, 0.3) is 0 Å². The summed E-state index contributed by atoms with van der Waals surface area (Å²) < 4.78 is 5.38. The number of carbonyl (C=O) groups excluding carboxylic acids is 1. The molecule has 21 heavy (non-hydrogen) atoms. The topological polar surface area (TPSA) is 26.3 Å². The molecule has 0 radical (unpaired) electrons. The first kappa shape index (κ1) is 14.6. The fourth-order valence-electron chi connectivity index (χ4n) is 3.36. The Morgan fingerprint density at radius 1 is 1.14 bits per heavy atom. The van der Waals surface area contributed by atoms with Gasteiger partial charge in [0.05, 0.1) is 5.57 Å². The van der Waals surface area contributed by atoms with E-state index in [9.17, 15) is 4.79 Å². The summed E-state index contributed by atoms with van der Waals surface area (Å²) in [6, 6.07) is 10.2. The minimum Gasteiger partial charge on any atom is -0.453 e. The molecule has 0 aromatic heterocycles. The maximum Gasteiger partial charge on any atom is 0.339 e. The van der Waals surface area contributed by atoms with Crippen LogP contribution in [0.3, 0.4) is 0 Å². The standard InChI is InChI=1S/C18H21ClO2/c19-15(12-11-13-7-3-1-4-8-13)16-17(21-18(16)20)14-9-5-2-6-10-14/h1,3-4,7-8,14,17H,2,5-6,9-12H2/b16-15+. The van der Waals surface area contributed by atoms with Gasteiger partial charge >= 0.3 is 5.97 Å². The number of rotatable bonds is 4. The van der Waals surface area contributed by atoms with Crippen molar-refractivity contribution in [1.82, 2.24) is 0 Å². The van der Waals surface area contributed by atoms with Gasteiger partial charge < -0.3 is 4.74 Å². The minimum atomic E-state index is -0.205. The minimum absolute atomic E-state index is 0.0407. The Labute approximate surface area is 131 Å². The van der Waals surface area contributed by atoms with Crippen LogP contribution in [0, 0.1) is 5.92 Å². The van der Waals surface area contributed by atoms with Gasteiger partial charge in [-0.2, -0.15) is 0 Å². The molecule has 3 heteroatoms. The van der Waals surface area contributed by atoms with Gasteiger partial charge in [0, 0.05) is 11.0 Å². The first-order chi connectivity index (χ1) is 10.3. The Morgan fingerprint density at radius 2 is 1.86 bits per heavy atom. The molecule has 0 amide bonds. The van der Waals surface area contributed by atoms with Crippen molar-refractivity contribution >= 4 is 17.6 Å². The normalized spacial score (nSPS) is 25.2. The number of carbonyl (C=O) groups is 1. The summed E-state index contributed by atoms with van der Waals surface area (Å²) in [7, 11) is 0. The number of aryl methyl sites for hydroxylation is 1. The summed E-state index contributed by atoms with van der Waals surface area (Å²) in [5, 5.41) is 0.700. The number of halogens is 1. The SMILES string of the molecule is O=C1OC(C2CCCCC2)/C1=C(\Cl)CCc1ccccc1. The molecule has 112 valence electrons. The molecule has 1 unspecified atom stereocenters. The van der Waals surface area contributed by atoms with Crippen LogP contribution in [-0.4, -0.2) is 12.1 Å². The van der Waals surface area contributed by atoms with Crippen LogP contribution in [0.4, 0.5) is 0 Å². The van der Waals surface area contributed by atoms with E-state index in [1.54, 1.807) is 0 Å². The molecule has 0 bridgehead atoms. The van der Waals surface area contributed by atoms with Gasteiger partial charge in [-0.25, -0.2) is 4.79 Å². The van der Waals surface area contributed by atoms with E-state index in [0.717, 1.165) is 31.3 Å². The summed E-state index contributed by atoms with van der Waals surface area (Å²) in [5.74, 6) is 0.278. The van der Waals surface area contributed by atoms with Crippen molar-refractivity contribution in [2.45, 2.75) is 51.0 Å². The van der Waals surface area contributed by atoms with Gasteiger partial charge in [-0.15, -0.1) is 0 Å². The molecular formula is C18H21ClO2. The number of allylic oxidation sites excluding steroid dienone is 1. The predicted octanol–water partition coefficient (Wildman–Crippen LogP) is 4.62. The lowest BCUT2D eigenvalue weighted by molar-refractivity contribution is -0.161. The molecule has 2 aliphatic rings. The third-order valence-electron chi connectivity index (χ3n) is 4.58. The van der Waals surface area contributed by atoms with E-state index in [4.69, 9.17) is 16.3 Å². The molecule has 1 aromatic carbocycles. The monoisotopic (exact) mass is 304 g/mol. The molecule has 1 heterocycles. The third kappa shape index (κ3) is 3.32. The molecule has 1 saturated carbocycles. The smallest absolute Gasteiger partial charge is 0.339 e. The number of benzene rings is 1. The summed E-state index contributed by atoms with van der Waals surface area (Å²) in [4.78, 5) is 11.8. The van der Waals surface area contributed by atoms with Crippen LogP contribution in [-0.2, 0) is 16.0 Å². The lowest BCUT2D eigenvalue weighted by Gasteiger charge is -2.38. The van der Waals surface area contributed by atoms with Crippen molar-refractivity contribution in [2.75, 3.05) is 0 Å². The fourth-order valence-corrected chi connectivity index (χ4v) is 3.64. The van der Waals surface area contributed by atoms with E-state index >= 15 is 0 Å². The number of hydrogen-bond donors (Lipinski definition) is 0. The molecule has 0 spiro atoms. The number of ether oxygens (including phenoxy) is 1. The van der Waals surface area contributed by atoms with E-state index in [1.165, 1.54) is 24.8 Å². The van der Waals surface area contributed by atoms with Gasteiger partial charge in [0.25, 0.3) is 0 Å². The Hall–Kier alpha value is -1.28. The summed E-state index contributed by atoms with van der Waals surface area (Å²) in [6.45, 7) is 0. The van der Waals surface area contributed by atoms with Gasteiger partial charge in [-0.1, -0.05) is 61.2 Å². The third-order valence-corrected chi connectivity index (χ3v) is 4.98. The highest BCUT2D eigenvalue weighted by Gasteiger charge is 2.43. The summed E-state index contributed by atoms with van der Waals surface area (Å²) >= 11 is 6.42. The van der Waals surface area contributed by atoms with E-state index in [1.807, 2.05) is 18.2 Å². The van der Waals surface area contributed by atoms with Crippen LogP contribution in [0.5, 0.6) is 0 Å². The van der Waals surface area contributed by atoms with Crippen molar-refractivity contribution in [2.24, 2.45) is 5.92 Å². The van der Waals surface area contributed by atoms with E-state index < -0.39 is 0 Å². The van der Waals surface area contributed by atoms with Crippen LogP contribution in [0.15, 0.2) is 40.9 Å². The quantitative estimate of drug-likeness (QED) is 0.599. The zero-order valence-electron chi connectivity index (χ0n) is 12.2. The first-order valence-corrected chi connectivity index (χ1v) is 8.27. The molecule has 1 aliphatic carbocycles. The van der Waals surface area contributed by atoms with Crippen molar-refractivity contribution in [3.05, 3.63) is 46.5 Å². The summed E-state index contributed by atoms with van der Waals surface area (Å²) in [6.07, 6.45) is 7.65. The van der Waals surface area contributed by atoms with Gasteiger partial charge in [0.15, 0.2) is 0 Å². The Balaban J connectivity index is 1.65. The fraction of sp³-hybridized carbons (Fsp3) is 0.500. The lowest BCUT2D eigenvalue weighted by atomic mass is 9.80. The average Bonchev–Trinajstić information content (AvgIpc) is 2.52. The van der Waals surface area contributed by atoms with Crippen molar-refractivity contribution in [3.63, 3.8) is 0 Å². The van der Waals surface area contributed by atoms with Gasteiger partial charge in [0.1, 0.15) is 6.10 Å². The Kier molecular flexibility index (Phi) is 4.64. The molecule has 2 fully saturated rings. The molecule has 3 rings (SSSR count). The van der Waals surface area contributed by atoms with Gasteiger partial charge in [0.2, 0.25) is 0 Å². The zero-order chi connectivity index (χ0) is 14.7. The Bertz CT molecular complexity index is 529. The highest BCUT2D eigenvalue weighted by Crippen LogP contribution is 2.39. The molecular weight excluding hydrogens is 284 g/mol. The first-order valence-electron chi connectivity index (χ1n) is 7.89. The van der Waals surface area contributed by atoms with E-state index in [2.05, 4.69) is 12.1 Å². The maximum absolute atomic E-state index is 11.8. The predicted molar refractivity (Wildman–Crippen MR) is 84.1 cm³/mol. The molecule has 2 nitrogen and oxygen atoms in total. The largest absolute Gasteiger partial charge is 0.453 e. The second-order valence-electron chi connectivity index (χ2n) is 6.03. The zero-order valence-corrected chi connectivity index (χ0v) is 12.9.